The number of anilines is 1. The lowest BCUT2D eigenvalue weighted by atomic mass is 9.47. The summed E-state index contributed by atoms with van der Waals surface area (Å²) in [4.78, 5) is 67.9. The second-order valence-corrected chi connectivity index (χ2v) is 20.0. The van der Waals surface area contributed by atoms with Crippen LogP contribution in [-0.4, -0.2) is 134 Å². The van der Waals surface area contributed by atoms with Gasteiger partial charge in [-0.05, 0) is 88.1 Å². The van der Waals surface area contributed by atoms with Gasteiger partial charge in [0.1, 0.15) is 11.2 Å². The van der Waals surface area contributed by atoms with Crippen LogP contribution >= 0.6 is 0 Å². The average molecular weight is 918 g/mol. The number of methoxy groups -OCH3 is 3. The summed E-state index contributed by atoms with van der Waals surface area (Å²) < 4.78 is 24.2. The van der Waals surface area contributed by atoms with Gasteiger partial charge in [-0.1, -0.05) is 62.4 Å². The van der Waals surface area contributed by atoms with Crippen molar-refractivity contribution in [2.45, 2.75) is 113 Å². The highest BCUT2D eigenvalue weighted by atomic mass is 16.6. The van der Waals surface area contributed by atoms with Crippen molar-refractivity contribution in [3.8, 4) is 5.75 Å². The Morgan fingerprint density at radius 2 is 1.73 bits per heavy atom. The molecule has 2 bridgehead atoms. The number of piperidine rings is 1. The number of hydrogen-bond acceptors (Lipinski definition) is 12. The molecule has 5 aliphatic heterocycles. The number of para-hydroxylation sites is 1. The molecule has 6 aliphatic rings. The zero-order valence-corrected chi connectivity index (χ0v) is 40.5. The lowest BCUT2D eigenvalue weighted by Crippen LogP contribution is -2.81. The third-order valence-electron chi connectivity index (χ3n) is 16.9. The summed E-state index contributed by atoms with van der Waals surface area (Å²) in [5.41, 5.74) is -0.892. The van der Waals surface area contributed by atoms with E-state index in [9.17, 15) is 19.5 Å². The van der Waals surface area contributed by atoms with Gasteiger partial charge in [-0.3, -0.25) is 19.3 Å². The fraction of sp³-hybridized carbons (Fsp3) is 0.547. The normalized spacial score (nSPS) is 34.3. The van der Waals surface area contributed by atoms with Gasteiger partial charge >= 0.3 is 17.9 Å². The number of hydrogen-bond donors (Lipinski definition) is 3. The number of likely N-dealkylation sites (N-methyl/N-ethyl adjacent to an activating group) is 1. The second-order valence-electron chi connectivity index (χ2n) is 20.0. The molecule has 14 heteroatoms. The number of H-pyrrole nitrogens is 1. The Labute approximate surface area is 393 Å². The van der Waals surface area contributed by atoms with E-state index in [4.69, 9.17) is 18.9 Å². The second kappa shape index (κ2) is 17.0. The first-order valence-electron chi connectivity index (χ1n) is 24.0. The highest BCUT2D eigenvalue weighted by Crippen LogP contribution is 2.68. The number of allylic oxidation sites excluding steroid dienone is 2. The summed E-state index contributed by atoms with van der Waals surface area (Å²) in [6.07, 6.45) is 11.6. The van der Waals surface area contributed by atoms with Crippen LogP contribution in [-0.2, 0) is 50.6 Å². The number of carbonyl (C=O) groups excluding carboxylic acids is 4. The molecule has 3 fully saturated rings. The van der Waals surface area contributed by atoms with Gasteiger partial charge in [-0.15, -0.1) is 0 Å². The topological polar surface area (TPSA) is 163 Å². The van der Waals surface area contributed by atoms with Crippen molar-refractivity contribution in [1.29, 1.82) is 0 Å². The average Bonchev–Trinajstić information content (AvgIpc) is 3.99. The molecule has 1 aromatic heterocycles. The van der Waals surface area contributed by atoms with Gasteiger partial charge in [-0.2, -0.15) is 0 Å². The molecule has 9 rings (SSSR count). The number of carbonyl (C=O) groups is 4. The predicted molar refractivity (Wildman–Crippen MR) is 255 cm³/mol. The Hall–Kier alpha value is -5.44. The van der Waals surface area contributed by atoms with Gasteiger partial charge < -0.3 is 44.2 Å². The summed E-state index contributed by atoms with van der Waals surface area (Å²) in [6, 6.07) is 10.9. The molecule has 6 heterocycles. The number of aliphatic hydroxyl groups is 1. The van der Waals surface area contributed by atoms with Gasteiger partial charge in [0.25, 0.3) is 5.91 Å². The zero-order chi connectivity index (χ0) is 47.8. The molecular weight excluding hydrogens is 851 g/mol. The number of fused-ring (bicyclic) bond motifs is 6. The fourth-order valence-electron chi connectivity index (χ4n) is 14.5. The maximum absolute atomic E-state index is 15.7. The highest BCUT2D eigenvalue weighted by molar-refractivity contribution is 5.97. The first-order valence-corrected chi connectivity index (χ1v) is 24.0. The molecular formula is C53H67N5O9. The number of esters is 3. The van der Waals surface area contributed by atoms with Crippen molar-refractivity contribution >= 4 is 40.4 Å². The van der Waals surface area contributed by atoms with Crippen molar-refractivity contribution < 1.29 is 43.2 Å². The third-order valence-corrected chi connectivity index (χ3v) is 16.9. The van der Waals surface area contributed by atoms with Gasteiger partial charge in [0, 0.05) is 96.5 Å². The van der Waals surface area contributed by atoms with Crippen molar-refractivity contribution in [3.63, 3.8) is 0 Å². The standard InChI is InChI=1S/C53H67N5O9/c1-10-17-34(11-2)43(60)55-49(12-3)28-33-29-52(47(61)65-8,42-36(20-24-57(30-33)31-49)35-18-14-15-19-39(35)54-42)38-26-37-40(27-41(38)64-7)56(6)45-51(37)22-25-58-23-16-21-50(13-4,44(51)58)46(67-32(5)59)53(45,63)48(62)66-9/h10-11,14-19,21,26-27,33,44-46,54,63H,12-13,20,22-25,28-31H2,1-9H3,(H,55,60)/b17-10-,34-11+/t33-,44+,45?,46-,49?,50-,51-,52+,53+/m1/s1. The maximum Gasteiger partial charge on any atom is 0.344 e. The summed E-state index contributed by atoms with van der Waals surface area (Å²) >= 11 is 0. The third kappa shape index (κ3) is 6.51. The Morgan fingerprint density at radius 1 is 0.970 bits per heavy atom. The van der Waals surface area contributed by atoms with Crippen LogP contribution in [0.1, 0.15) is 89.1 Å². The summed E-state index contributed by atoms with van der Waals surface area (Å²) in [5, 5.41) is 18.0. The minimum absolute atomic E-state index is 0.116. The maximum atomic E-state index is 15.7. The van der Waals surface area contributed by atoms with Gasteiger partial charge in [0.15, 0.2) is 6.10 Å². The number of ether oxygens (including phenoxy) is 4. The minimum atomic E-state index is -2.33. The van der Waals surface area contributed by atoms with E-state index in [1.54, 1.807) is 7.11 Å². The van der Waals surface area contributed by atoms with Crippen molar-refractivity contribution in [1.82, 2.24) is 20.1 Å². The van der Waals surface area contributed by atoms with E-state index in [2.05, 4.69) is 51.3 Å². The van der Waals surface area contributed by atoms with Gasteiger partial charge in [-0.25, -0.2) is 4.79 Å². The van der Waals surface area contributed by atoms with Crippen molar-refractivity contribution in [2.75, 3.05) is 66.0 Å². The van der Waals surface area contributed by atoms with Crippen LogP contribution in [0.25, 0.3) is 10.9 Å². The number of benzene rings is 2. The lowest BCUT2D eigenvalue weighted by Gasteiger charge is -2.63. The number of amides is 1. The van der Waals surface area contributed by atoms with E-state index in [0.717, 1.165) is 33.4 Å². The van der Waals surface area contributed by atoms with Crippen LogP contribution in [0.2, 0.25) is 0 Å². The molecule has 14 nitrogen and oxygen atoms in total. The number of nitrogens with one attached hydrogen (secondary N) is 2. The largest absolute Gasteiger partial charge is 0.496 e. The molecule has 10 atom stereocenters. The number of nitrogens with zero attached hydrogens (tertiary/aromatic N) is 3. The van der Waals surface area contributed by atoms with Crippen LogP contribution in [0.4, 0.5) is 5.69 Å². The molecule has 1 aliphatic carbocycles. The summed E-state index contributed by atoms with van der Waals surface area (Å²) in [7, 11) is 6.17. The van der Waals surface area contributed by atoms with E-state index in [-0.39, 0.29) is 17.9 Å². The molecule has 1 spiro atoms. The van der Waals surface area contributed by atoms with Crippen LogP contribution < -0.4 is 15.0 Å². The highest BCUT2D eigenvalue weighted by Gasteiger charge is 2.80. The molecule has 3 N–H and O–H groups in total. The number of aromatic amines is 1. The molecule has 67 heavy (non-hydrogen) atoms. The van der Waals surface area contributed by atoms with Crippen LogP contribution in [0, 0.1) is 11.3 Å². The van der Waals surface area contributed by atoms with Crippen molar-refractivity contribution in [3.05, 3.63) is 94.7 Å². The molecule has 2 saturated heterocycles. The Balaban J connectivity index is 1.32. The quantitative estimate of drug-likeness (QED) is 0.0757. The van der Waals surface area contributed by atoms with Crippen LogP contribution in [0.5, 0.6) is 5.75 Å². The number of aromatic nitrogens is 1. The Kier molecular flexibility index (Phi) is 11.8. The van der Waals surface area contributed by atoms with E-state index < -0.39 is 57.4 Å². The van der Waals surface area contributed by atoms with E-state index in [0.29, 0.717) is 88.1 Å². The smallest absolute Gasteiger partial charge is 0.344 e. The van der Waals surface area contributed by atoms with Gasteiger partial charge in [0.2, 0.25) is 5.60 Å². The Morgan fingerprint density at radius 3 is 2.40 bits per heavy atom. The zero-order valence-electron chi connectivity index (χ0n) is 40.5. The molecule has 2 aromatic carbocycles. The van der Waals surface area contributed by atoms with E-state index in [1.165, 1.54) is 21.1 Å². The predicted octanol–water partition coefficient (Wildman–Crippen LogP) is 5.64. The van der Waals surface area contributed by atoms with Crippen LogP contribution in [0.3, 0.4) is 0 Å². The van der Waals surface area contributed by atoms with Crippen molar-refractivity contribution in [2.24, 2.45) is 11.3 Å². The SMILES string of the molecule is C/C=C\C(=C/C)C(=O)NC1(CC)C[C@H]2CN(CCc3c([nH]c4ccccc34)[C@@](C(=O)OC)(c3cc4c(cc3OC)N(C)C3[C@]45CCN4CC=C[C@@](CC)([C@@H](OC(C)=O)[C@]3(O)C(=O)OC)[C@H]45)C2)C1. The molecule has 1 saturated carbocycles. The molecule has 358 valence electrons. The summed E-state index contributed by atoms with van der Waals surface area (Å²) in [5.74, 6) is -1.75. The minimum Gasteiger partial charge on any atom is -0.496 e. The van der Waals surface area contributed by atoms with Gasteiger partial charge in [0.05, 0.1) is 32.9 Å². The Bertz CT molecular complexity index is 2600. The lowest BCUT2D eigenvalue weighted by molar-refractivity contribution is -0.228. The monoisotopic (exact) mass is 917 g/mol. The number of rotatable bonds is 10. The van der Waals surface area contributed by atoms with E-state index in [1.807, 2.05) is 75.2 Å². The first kappa shape index (κ1) is 46.7. The first-order chi connectivity index (χ1) is 32.1. The van der Waals surface area contributed by atoms with E-state index >= 15 is 4.79 Å². The molecule has 0 radical (unpaired) electrons. The molecule has 3 unspecified atom stereocenters. The summed E-state index contributed by atoms with van der Waals surface area (Å²) in [6.45, 7) is 12.5. The molecule has 1 amide bonds. The fourth-order valence-corrected chi connectivity index (χ4v) is 14.5. The molecule has 3 aromatic rings. The van der Waals surface area contributed by atoms with Crippen LogP contribution in [0.15, 0.2) is 72.4 Å².